The molecule has 0 unspecified atom stereocenters. The summed E-state index contributed by atoms with van der Waals surface area (Å²) in [5, 5.41) is 48.7. The van der Waals surface area contributed by atoms with Gasteiger partial charge in [-0.1, -0.05) is 12.1 Å². The molecule has 5 N–H and O–H groups in total. The Hall–Kier alpha value is -3.34. The SMILES string of the molecule is Oc1ccc(CCc2cc(CCc3cc(O)cc(O)c3)c(O)cc2O)cc1. The van der Waals surface area contributed by atoms with Gasteiger partial charge in [-0.3, -0.25) is 0 Å². The summed E-state index contributed by atoms with van der Waals surface area (Å²) < 4.78 is 0. The second-order valence-corrected chi connectivity index (χ2v) is 6.63. The van der Waals surface area contributed by atoms with Gasteiger partial charge in [0.25, 0.3) is 0 Å². The molecular weight excluding hydrogens is 344 g/mol. The number of benzene rings is 3. The zero-order valence-electron chi connectivity index (χ0n) is 14.8. The lowest BCUT2D eigenvalue weighted by Crippen LogP contribution is -1.97. The van der Waals surface area contributed by atoms with Crippen molar-refractivity contribution in [3.05, 3.63) is 76.9 Å². The Morgan fingerprint density at radius 3 is 1.52 bits per heavy atom. The van der Waals surface area contributed by atoms with E-state index in [0.717, 1.165) is 16.7 Å². The maximum absolute atomic E-state index is 10.1. The molecule has 27 heavy (non-hydrogen) atoms. The van der Waals surface area contributed by atoms with Crippen molar-refractivity contribution in [1.82, 2.24) is 0 Å². The van der Waals surface area contributed by atoms with Gasteiger partial charge >= 0.3 is 0 Å². The first-order valence-electron chi connectivity index (χ1n) is 8.74. The molecule has 0 bridgehead atoms. The Bertz CT molecular complexity index is 912. The lowest BCUT2D eigenvalue weighted by molar-refractivity contribution is 0.441. The highest BCUT2D eigenvalue weighted by atomic mass is 16.3. The van der Waals surface area contributed by atoms with Crippen LogP contribution in [0.15, 0.2) is 54.6 Å². The van der Waals surface area contributed by atoms with Crippen LogP contribution < -0.4 is 0 Å². The van der Waals surface area contributed by atoms with Gasteiger partial charge in [0, 0.05) is 12.1 Å². The van der Waals surface area contributed by atoms with Gasteiger partial charge in [0.05, 0.1) is 0 Å². The van der Waals surface area contributed by atoms with Gasteiger partial charge < -0.3 is 25.5 Å². The predicted octanol–water partition coefficient (Wildman–Crippen LogP) is 3.79. The van der Waals surface area contributed by atoms with E-state index in [1.54, 1.807) is 30.3 Å². The maximum Gasteiger partial charge on any atom is 0.122 e. The Balaban J connectivity index is 1.72. The van der Waals surface area contributed by atoms with Gasteiger partial charge in [-0.15, -0.1) is 0 Å². The van der Waals surface area contributed by atoms with E-state index in [1.165, 1.54) is 12.1 Å². The van der Waals surface area contributed by atoms with Gasteiger partial charge in [-0.05, 0) is 78.3 Å². The van der Waals surface area contributed by atoms with Crippen LogP contribution >= 0.6 is 0 Å². The number of hydrogen-bond acceptors (Lipinski definition) is 5. The van der Waals surface area contributed by atoms with Gasteiger partial charge in [0.2, 0.25) is 0 Å². The third-order valence-corrected chi connectivity index (χ3v) is 4.54. The predicted molar refractivity (Wildman–Crippen MR) is 102 cm³/mol. The number of phenolic OH excluding ortho intramolecular Hbond substituents is 5. The Kier molecular flexibility index (Phi) is 5.41. The minimum absolute atomic E-state index is 0.00508. The van der Waals surface area contributed by atoms with Gasteiger partial charge in [0.1, 0.15) is 28.7 Å². The summed E-state index contributed by atoms with van der Waals surface area (Å²) in [6, 6.07) is 14.5. The molecule has 0 fully saturated rings. The molecule has 0 saturated heterocycles. The summed E-state index contributed by atoms with van der Waals surface area (Å²) >= 11 is 0. The van der Waals surface area contributed by atoms with Crippen molar-refractivity contribution in [1.29, 1.82) is 0 Å². The van der Waals surface area contributed by atoms with Crippen LogP contribution in [0.5, 0.6) is 28.7 Å². The molecule has 0 atom stereocenters. The highest BCUT2D eigenvalue weighted by Gasteiger charge is 2.10. The number of hydrogen-bond donors (Lipinski definition) is 5. The normalized spacial score (nSPS) is 10.8. The van der Waals surface area contributed by atoms with Crippen molar-refractivity contribution in [2.75, 3.05) is 0 Å². The lowest BCUT2D eigenvalue weighted by atomic mass is 9.97. The topological polar surface area (TPSA) is 101 Å². The lowest BCUT2D eigenvalue weighted by Gasteiger charge is -2.11. The summed E-state index contributed by atoms with van der Waals surface area (Å²) in [6.45, 7) is 0. The summed E-state index contributed by atoms with van der Waals surface area (Å²) in [5.74, 6) is 0.269. The molecule has 5 nitrogen and oxygen atoms in total. The van der Waals surface area contributed by atoms with Crippen LogP contribution in [-0.4, -0.2) is 25.5 Å². The number of phenols is 5. The van der Waals surface area contributed by atoms with Crippen LogP contribution in [0.25, 0.3) is 0 Å². The Morgan fingerprint density at radius 1 is 0.444 bits per heavy atom. The van der Waals surface area contributed by atoms with Gasteiger partial charge in [0.15, 0.2) is 0 Å². The Morgan fingerprint density at radius 2 is 0.963 bits per heavy atom. The third-order valence-electron chi connectivity index (χ3n) is 4.54. The molecule has 0 aliphatic rings. The largest absolute Gasteiger partial charge is 0.508 e. The van der Waals surface area contributed by atoms with Crippen molar-refractivity contribution in [3.8, 4) is 28.7 Å². The molecule has 3 aromatic carbocycles. The monoisotopic (exact) mass is 366 g/mol. The van der Waals surface area contributed by atoms with E-state index in [1.807, 2.05) is 12.1 Å². The fraction of sp³-hybridized carbons (Fsp3) is 0.182. The Labute approximate surface area is 157 Å². The van der Waals surface area contributed by atoms with Crippen LogP contribution in [0.2, 0.25) is 0 Å². The third kappa shape index (κ3) is 4.85. The van der Waals surface area contributed by atoms with Gasteiger partial charge in [-0.25, -0.2) is 0 Å². The molecule has 0 aromatic heterocycles. The molecule has 3 aromatic rings. The quantitative estimate of drug-likeness (QED) is 0.457. The molecule has 0 aliphatic heterocycles. The molecule has 0 saturated carbocycles. The minimum Gasteiger partial charge on any atom is -0.508 e. The average Bonchev–Trinajstić information content (AvgIpc) is 2.61. The van der Waals surface area contributed by atoms with Crippen LogP contribution in [0.4, 0.5) is 0 Å². The first-order chi connectivity index (χ1) is 12.9. The van der Waals surface area contributed by atoms with E-state index in [-0.39, 0.29) is 28.7 Å². The summed E-state index contributed by atoms with van der Waals surface area (Å²) in [4.78, 5) is 0. The molecule has 3 rings (SSSR count). The van der Waals surface area contributed by atoms with Crippen LogP contribution in [0, 0.1) is 0 Å². The highest BCUT2D eigenvalue weighted by Crippen LogP contribution is 2.30. The molecule has 5 heteroatoms. The first kappa shape index (κ1) is 18.5. The first-order valence-corrected chi connectivity index (χ1v) is 8.74. The number of rotatable bonds is 6. The fourth-order valence-corrected chi connectivity index (χ4v) is 3.09. The highest BCUT2D eigenvalue weighted by molar-refractivity contribution is 5.46. The smallest absolute Gasteiger partial charge is 0.122 e. The van der Waals surface area contributed by atoms with E-state index in [0.29, 0.717) is 31.2 Å². The number of aromatic hydroxyl groups is 5. The summed E-state index contributed by atoms with van der Waals surface area (Å²) in [5.41, 5.74) is 3.22. The molecule has 0 amide bonds. The molecular formula is C22H22O5. The van der Waals surface area contributed by atoms with Gasteiger partial charge in [-0.2, -0.15) is 0 Å². The molecule has 140 valence electrons. The van der Waals surface area contributed by atoms with Crippen LogP contribution in [0.3, 0.4) is 0 Å². The summed E-state index contributed by atoms with van der Waals surface area (Å²) in [7, 11) is 0. The molecule has 0 spiro atoms. The van der Waals surface area contributed by atoms with E-state index in [9.17, 15) is 25.5 Å². The van der Waals surface area contributed by atoms with Crippen molar-refractivity contribution in [2.45, 2.75) is 25.7 Å². The molecule has 0 radical (unpaired) electrons. The summed E-state index contributed by atoms with van der Waals surface area (Å²) in [6.07, 6.45) is 2.31. The second-order valence-electron chi connectivity index (χ2n) is 6.63. The molecule has 0 heterocycles. The van der Waals surface area contributed by atoms with Crippen LogP contribution in [0.1, 0.15) is 22.3 Å². The maximum atomic E-state index is 10.1. The average molecular weight is 366 g/mol. The molecule has 0 aliphatic carbocycles. The van der Waals surface area contributed by atoms with E-state index in [2.05, 4.69) is 0 Å². The van der Waals surface area contributed by atoms with E-state index < -0.39 is 0 Å². The fourth-order valence-electron chi connectivity index (χ4n) is 3.09. The van der Waals surface area contributed by atoms with E-state index in [4.69, 9.17) is 0 Å². The van der Waals surface area contributed by atoms with Crippen molar-refractivity contribution < 1.29 is 25.5 Å². The minimum atomic E-state index is -0.00508. The standard InChI is InChI=1S/C22H22O5/c23-18-7-3-14(4-8-18)1-5-16-11-17(22(27)13-21(16)26)6-2-15-9-19(24)12-20(25)10-15/h3-4,7-13,23-27H,1-2,5-6H2. The second kappa shape index (κ2) is 7.91. The van der Waals surface area contributed by atoms with Crippen molar-refractivity contribution in [3.63, 3.8) is 0 Å². The van der Waals surface area contributed by atoms with Crippen molar-refractivity contribution >= 4 is 0 Å². The zero-order chi connectivity index (χ0) is 19.4. The van der Waals surface area contributed by atoms with Crippen molar-refractivity contribution in [2.24, 2.45) is 0 Å². The number of aryl methyl sites for hydroxylation is 4. The van der Waals surface area contributed by atoms with Crippen LogP contribution in [-0.2, 0) is 25.7 Å². The van der Waals surface area contributed by atoms with E-state index >= 15 is 0 Å². The zero-order valence-corrected chi connectivity index (χ0v) is 14.8.